The van der Waals surface area contributed by atoms with E-state index in [4.69, 9.17) is 9.47 Å². The molecule has 0 aliphatic heterocycles. The Balaban J connectivity index is 2.37. The van der Waals surface area contributed by atoms with E-state index in [2.05, 4.69) is 6.92 Å². The predicted molar refractivity (Wildman–Crippen MR) is 44.3 cm³/mol. The molecule has 0 aromatic carbocycles. The Morgan fingerprint density at radius 1 is 1.18 bits per heavy atom. The van der Waals surface area contributed by atoms with Crippen molar-refractivity contribution < 1.29 is 9.47 Å². The van der Waals surface area contributed by atoms with E-state index in [0.29, 0.717) is 18.1 Å². The van der Waals surface area contributed by atoms with E-state index >= 15 is 0 Å². The quantitative estimate of drug-likeness (QED) is 0.606. The van der Waals surface area contributed by atoms with Crippen molar-refractivity contribution in [1.29, 1.82) is 0 Å². The lowest BCUT2D eigenvalue weighted by Gasteiger charge is -2.32. The Kier molecular flexibility index (Phi) is 3.34. The van der Waals surface area contributed by atoms with Crippen LogP contribution in [-0.4, -0.2) is 26.4 Å². The van der Waals surface area contributed by atoms with Gasteiger partial charge < -0.3 is 9.47 Å². The van der Waals surface area contributed by atoms with Gasteiger partial charge in [0.25, 0.3) is 0 Å². The summed E-state index contributed by atoms with van der Waals surface area (Å²) >= 11 is 0. The summed E-state index contributed by atoms with van der Waals surface area (Å²) in [7, 11) is 3.52. The highest BCUT2D eigenvalue weighted by Crippen LogP contribution is 2.27. The Bertz CT molecular complexity index is 114. The lowest BCUT2D eigenvalue weighted by atomic mass is 9.86. The molecule has 2 nitrogen and oxygen atoms in total. The van der Waals surface area contributed by atoms with Gasteiger partial charge in [0.05, 0.1) is 12.2 Å². The molecule has 1 aliphatic rings. The zero-order valence-corrected chi connectivity index (χ0v) is 7.38. The highest BCUT2D eigenvalue weighted by atomic mass is 16.5. The summed E-state index contributed by atoms with van der Waals surface area (Å²) in [5.74, 6) is 0.450. The number of ether oxygens (including phenoxy) is 2. The van der Waals surface area contributed by atoms with Gasteiger partial charge in [-0.2, -0.15) is 0 Å². The average molecular weight is 157 g/mol. The maximum Gasteiger partial charge on any atom is 0.0624 e. The van der Waals surface area contributed by atoms with Gasteiger partial charge in [-0.3, -0.25) is 0 Å². The Morgan fingerprint density at radius 3 is 2.45 bits per heavy atom. The molecule has 1 rings (SSSR count). The van der Waals surface area contributed by atoms with Crippen LogP contribution in [0.4, 0.5) is 0 Å². The van der Waals surface area contributed by atoms with E-state index in [-0.39, 0.29) is 0 Å². The third-order valence-corrected chi connectivity index (χ3v) is 2.52. The minimum absolute atomic E-state index is 0.300. The predicted octanol–water partition coefficient (Wildman–Crippen LogP) is 1.65. The van der Waals surface area contributed by atoms with Gasteiger partial charge in [-0.25, -0.2) is 0 Å². The number of hydrogen-bond acceptors (Lipinski definition) is 2. The van der Waals surface area contributed by atoms with Crippen LogP contribution in [-0.2, 0) is 9.47 Å². The maximum absolute atomic E-state index is 5.29. The first-order chi connectivity index (χ1) is 5.27. The van der Waals surface area contributed by atoms with Gasteiger partial charge in [0.1, 0.15) is 0 Å². The van der Waals surface area contributed by atoms with Crippen LogP contribution in [0.1, 0.15) is 19.3 Å². The molecule has 1 aliphatic carbocycles. The normalized spacial score (nSPS) is 39.0. The Labute approximate surface area is 68.9 Å². The zero-order valence-electron chi connectivity index (χ0n) is 7.38. The molecule has 0 heterocycles. The second-order valence-electron chi connectivity index (χ2n) is 3.20. The standard InChI is InChI=1S/C9H17O2/c1-7-4-5-8(10-2)6-9(7)11-3/h7-9H,1,4-6H2,2-3H3. The van der Waals surface area contributed by atoms with Gasteiger partial charge in [-0.1, -0.05) is 0 Å². The van der Waals surface area contributed by atoms with Gasteiger partial charge in [0.15, 0.2) is 0 Å². The molecule has 0 amide bonds. The summed E-state index contributed by atoms with van der Waals surface area (Å²) < 4.78 is 10.6. The average Bonchev–Trinajstić information content (AvgIpc) is 2.05. The summed E-state index contributed by atoms with van der Waals surface area (Å²) in [6, 6.07) is 0. The second-order valence-corrected chi connectivity index (χ2v) is 3.20. The van der Waals surface area contributed by atoms with Crippen LogP contribution in [0, 0.1) is 12.8 Å². The lowest BCUT2D eigenvalue weighted by molar-refractivity contribution is -0.0298. The minimum atomic E-state index is 0.300. The molecule has 3 unspecified atom stereocenters. The van der Waals surface area contributed by atoms with Crippen molar-refractivity contribution in [3.05, 3.63) is 6.92 Å². The van der Waals surface area contributed by atoms with Gasteiger partial charge in [0, 0.05) is 14.2 Å². The van der Waals surface area contributed by atoms with Gasteiger partial charge in [-0.15, -0.1) is 0 Å². The van der Waals surface area contributed by atoms with E-state index in [1.165, 1.54) is 0 Å². The number of methoxy groups -OCH3 is 2. The van der Waals surface area contributed by atoms with Gasteiger partial charge in [0.2, 0.25) is 0 Å². The highest BCUT2D eigenvalue weighted by Gasteiger charge is 2.27. The van der Waals surface area contributed by atoms with E-state index in [1.807, 2.05) is 0 Å². The molecule has 1 saturated carbocycles. The fraction of sp³-hybridized carbons (Fsp3) is 0.889. The summed E-state index contributed by atoms with van der Waals surface area (Å²) in [6.07, 6.45) is 3.94. The summed E-state index contributed by atoms with van der Waals surface area (Å²) in [4.78, 5) is 0. The summed E-state index contributed by atoms with van der Waals surface area (Å²) in [5, 5.41) is 0. The van der Waals surface area contributed by atoms with E-state index in [0.717, 1.165) is 19.3 Å². The topological polar surface area (TPSA) is 18.5 Å². The first-order valence-corrected chi connectivity index (χ1v) is 4.16. The molecular weight excluding hydrogens is 140 g/mol. The van der Waals surface area contributed by atoms with E-state index in [9.17, 15) is 0 Å². The molecule has 2 heteroatoms. The first-order valence-electron chi connectivity index (χ1n) is 4.16. The SMILES string of the molecule is [CH2]C1CCC(OC)CC1OC. The molecule has 0 aromatic heterocycles. The molecule has 11 heavy (non-hydrogen) atoms. The molecule has 0 N–H and O–H groups in total. The number of hydrogen-bond donors (Lipinski definition) is 0. The van der Waals surface area contributed by atoms with Crippen molar-refractivity contribution >= 4 is 0 Å². The highest BCUT2D eigenvalue weighted by molar-refractivity contribution is 4.82. The van der Waals surface area contributed by atoms with Gasteiger partial charge >= 0.3 is 0 Å². The largest absolute Gasteiger partial charge is 0.381 e. The van der Waals surface area contributed by atoms with Crippen LogP contribution in [0.25, 0.3) is 0 Å². The van der Waals surface area contributed by atoms with Crippen molar-refractivity contribution in [3.63, 3.8) is 0 Å². The van der Waals surface area contributed by atoms with Crippen LogP contribution in [0.15, 0.2) is 0 Å². The Hall–Kier alpha value is -0.0800. The van der Waals surface area contributed by atoms with Crippen LogP contribution in [0.2, 0.25) is 0 Å². The fourth-order valence-electron chi connectivity index (χ4n) is 1.66. The van der Waals surface area contributed by atoms with Crippen LogP contribution in [0.5, 0.6) is 0 Å². The van der Waals surface area contributed by atoms with Crippen LogP contribution < -0.4 is 0 Å². The summed E-state index contributed by atoms with van der Waals surface area (Å²) in [6.45, 7) is 4.04. The number of rotatable bonds is 2. The molecule has 65 valence electrons. The van der Waals surface area contributed by atoms with Gasteiger partial charge in [-0.05, 0) is 32.1 Å². The molecule has 0 bridgehead atoms. The van der Waals surface area contributed by atoms with Crippen LogP contribution >= 0.6 is 0 Å². The smallest absolute Gasteiger partial charge is 0.0624 e. The zero-order chi connectivity index (χ0) is 8.27. The molecule has 3 atom stereocenters. The molecule has 0 aromatic rings. The first kappa shape index (κ1) is 9.01. The van der Waals surface area contributed by atoms with Crippen molar-refractivity contribution in [1.82, 2.24) is 0 Å². The maximum atomic E-state index is 5.29. The molecule has 0 spiro atoms. The fourth-order valence-corrected chi connectivity index (χ4v) is 1.66. The van der Waals surface area contributed by atoms with Crippen molar-refractivity contribution in [3.8, 4) is 0 Å². The third-order valence-electron chi connectivity index (χ3n) is 2.52. The lowest BCUT2D eigenvalue weighted by Crippen LogP contribution is -2.32. The Morgan fingerprint density at radius 2 is 1.91 bits per heavy atom. The molecule has 1 radical (unpaired) electrons. The van der Waals surface area contributed by atoms with E-state index in [1.54, 1.807) is 14.2 Å². The minimum Gasteiger partial charge on any atom is -0.381 e. The van der Waals surface area contributed by atoms with Crippen LogP contribution in [0.3, 0.4) is 0 Å². The third kappa shape index (κ3) is 2.17. The summed E-state index contributed by atoms with van der Waals surface area (Å²) in [5.41, 5.74) is 0. The van der Waals surface area contributed by atoms with Crippen molar-refractivity contribution in [2.24, 2.45) is 5.92 Å². The monoisotopic (exact) mass is 157 g/mol. The van der Waals surface area contributed by atoms with Crippen molar-refractivity contribution in [2.75, 3.05) is 14.2 Å². The molecule has 1 fully saturated rings. The molecular formula is C9H17O2. The molecule has 0 saturated heterocycles. The van der Waals surface area contributed by atoms with Crippen molar-refractivity contribution in [2.45, 2.75) is 31.5 Å². The van der Waals surface area contributed by atoms with E-state index < -0.39 is 0 Å². The second kappa shape index (κ2) is 4.07.